The van der Waals surface area contributed by atoms with Crippen molar-refractivity contribution in [3.63, 3.8) is 0 Å². The molecule has 0 bridgehead atoms. The van der Waals surface area contributed by atoms with Crippen molar-refractivity contribution in [2.75, 3.05) is 17.2 Å². The Morgan fingerprint density at radius 2 is 2.07 bits per heavy atom. The molecule has 0 spiro atoms. The van der Waals surface area contributed by atoms with Gasteiger partial charge in [-0.05, 0) is 48.7 Å². The molecular formula is C21H19ClN2O2S. The summed E-state index contributed by atoms with van der Waals surface area (Å²) in [5.41, 5.74) is 3.94. The molecule has 2 heterocycles. The Balaban J connectivity index is 1.35. The first-order valence-corrected chi connectivity index (χ1v) is 10.4. The topological polar surface area (TPSA) is 46.3 Å². The molecule has 0 saturated heterocycles. The van der Waals surface area contributed by atoms with Crippen molar-refractivity contribution in [2.45, 2.75) is 18.6 Å². The number of carbonyl (C=O) groups excluding carboxylic acids is 1. The molecule has 1 amide bonds. The lowest BCUT2D eigenvalue weighted by atomic mass is 10.0. The first-order valence-electron chi connectivity index (χ1n) is 8.87. The van der Waals surface area contributed by atoms with E-state index in [9.17, 15) is 4.79 Å². The van der Waals surface area contributed by atoms with Gasteiger partial charge in [0.05, 0.1) is 11.4 Å². The highest BCUT2D eigenvalue weighted by Crippen LogP contribution is 2.30. The average Bonchev–Trinajstić information content (AvgIpc) is 3.17. The summed E-state index contributed by atoms with van der Waals surface area (Å²) >= 11 is 7.63. The Morgan fingerprint density at radius 1 is 1.22 bits per heavy atom. The Kier molecular flexibility index (Phi) is 5.50. The zero-order valence-electron chi connectivity index (χ0n) is 14.7. The number of carbonyl (C=O) groups is 1. The van der Waals surface area contributed by atoms with Crippen LogP contribution in [-0.4, -0.2) is 23.2 Å². The van der Waals surface area contributed by atoms with E-state index in [2.05, 4.69) is 4.98 Å². The number of aromatic nitrogens is 1. The second kappa shape index (κ2) is 8.19. The zero-order chi connectivity index (χ0) is 18.6. The maximum absolute atomic E-state index is 12.7. The Labute approximate surface area is 167 Å². The van der Waals surface area contributed by atoms with Crippen LogP contribution in [-0.2, 0) is 17.0 Å². The molecule has 0 unspecified atom stereocenters. The molecule has 2 aromatic carbocycles. The maximum atomic E-state index is 12.7. The van der Waals surface area contributed by atoms with Gasteiger partial charge in [0.15, 0.2) is 0 Å². The largest absolute Gasteiger partial charge is 0.444 e. The molecule has 138 valence electrons. The molecule has 1 aliphatic heterocycles. The predicted molar refractivity (Wildman–Crippen MR) is 110 cm³/mol. The second-order valence-corrected chi connectivity index (χ2v) is 7.85. The van der Waals surface area contributed by atoms with Gasteiger partial charge in [0.25, 0.3) is 0 Å². The number of hydrogen-bond acceptors (Lipinski definition) is 4. The summed E-state index contributed by atoms with van der Waals surface area (Å²) in [5.74, 6) is 1.79. The number of benzene rings is 2. The summed E-state index contributed by atoms with van der Waals surface area (Å²) in [6.45, 7) is 0.760. The Bertz CT molecular complexity index is 942. The van der Waals surface area contributed by atoms with E-state index in [4.69, 9.17) is 16.0 Å². The summed E-state index contributed by atoms with van der Waals surface area (Å²) in [6, 6.07) is 15.6. The van der Waals surface area contributed by atoms with Crippen LogP contribution in [0, 0.1) is 0 Å². The van der Waals surface area contributed by atoms with Crippen LogP contribution in [0.5, 0.6) is 0 Å². The fourth-order valence-corrected chi connectivity index (χ4v) is 4.20. The molecule has 3 aromatic rings. The van der Waals surface area contributed by atoms with Crippen LogP contribution >= 0.6 is 23.4 Å². The molecule has 0 saturated carbocycles. The summed E-state index contributed by atoms with van der Waals surface area (Å²) in [6.07, 6.45) is 3.60. The number of rotatable bonds is 5. The van der Waals surface area contributed by atoms with Crippen LogP contribution in [0.3, 0.4) is 0 Å². The number of thioether (sulfide) groups is 1. The quantitative estimate of drug-likeness (QED) is 0.592. The van der Waals surface area contributed by atoms with Crippen LogP contribution in [0.4, 0.5) is 5.69 Å². The molecule has 27 heavy (non-hydrogen) atoms. The molecule has 0 N–H and O–H groups in total. The van der Waals surface area contributed by atoms with E-state index in [1.165, 1.54) is 0 Å². The predicted octanol–water partition coefficient (Wildman–Crippen LogP) is 5.21. The number of hydrogen-bond donors (Lipinski definition) is 0. The van der Waals surface area contributed by atoms with E-state index in [0.29, 0.717) is 17.4 Å². The van der Waals surface area contributed by atoms with Crippen LogP contribution in [0.1, 0.15) is 17.7 Å². The van der Waals surface area contributed by atoms with E-state index < -0.39 is 0 Å². The molecule has 0 radical (unpaired) electrons. The standard InChI is InChI=1S/C21H19ClN2O2S/c22-17-8-9-19-16(11-17)7-4-10-24(19)20(25)14-27-13-18-12-26-21(23-18)15-5-2-1-3-6-15/h1-3,5-6,8-9,11-12H,4,7,10,13-14H2. The molecule has 4 rings (SSSR count). The minimum Gasteiger partial charge on any atom is -0.444 e. The van der Waals surface area contributed by atoms with Crippen LogP contribution in [0.25, 0.3) is 11.5 Å². The lowest BCUT2D eigenvalue weighted by molar-refractivity contribution is -0.116. The first kappa shape index (κ1) is 18.1. The molecule has 6 heteroatoms. The molecule has 1 aliphatic rings. The highest BCUT2D eigenvalue weighted by molar-refractivity contribution is 7.99. The van der Waals surface area contributed by atoms with Crippen molar-refractivity contribution in [1.29, 1.82) is 0 Å². The SMILES string of the molecule is O=C(CSCc1coc(-c2ccccc2)n1)N1CCCc2cc(Cl)ccc21. The molecule has 0 fully saturated rings. The van der Waals surface area contributed by atoms with Crippen molar-refractivity contribution in [2.24, 2.45) is 0 Å². The van der Waals surface area contributed by atoms with Crippen molar-refractivity contribution in [1.82, 2.24) is 4.98 Å². The van der Waals surface area contributed by atoms with Gasteiger partial charge in [-0.15, -0.1) is 11.8 Å². The maximum Gasteiger partial charge on any atom is 0.236 e. The minimum absolute atomic E-state index is 0.120. The number of aryl methyl sites for hydroxylation is 1. The monoisotopic (exact) mass is 398 g/mol. The van der Waals surface area contributed by atoms with Gasteiger partial charge in [-0.3, -0.25) is 4.79 Å². The number of fused-ring (bicyclic) bond motifs is 1. The van der Waals surface area contributed by atoms with Crippen molar-refractivity contribution >= 4 is 35.0 Å². The Morgan fingerprint density at radius 3 is 2.93 bits per heavy atom. The van der Waals surface area contributed by atoms with E-state index in [1.54, 1.807) is 18.0 Å². The summed E-state index contributed by atoms with van der Waals surface area (Å²) in [7, 11) is 0. The summed E-state index contributed by atoms with van der Waals surface area (Å²) in [5, 5.41) is 0.720. The number of halogens is 1. The van der Waals surface area contributed by atoms with E-state index in [0.717, 1.165) is 46.9 Å². The number of oxazole rings is 1. The van der Waals surface area contributed by atoms with Gasteiger partial charge >= 0.3 is 0 Å². The normalized spacial score (nSPS) is 13.4. The van der Waals surface area contributed by atoms with Gasteiger partial charge in [-0.2, -0.15) is 0 Å². The fourth-order valence-electron chi connectivity index (χ4n) is 3.23. The summed E-state index contributed by atoms with van der Waals surface area (Å²) in [4.78, 5) is 19.1. The van der Waals surface area contributed by atoms with E-state index in [1.807, 2.05) is 53.4 Å². The molecule has 0 atom stereocenters. The molecule has 0 aliphatic carbocycles. The number of nitrogens with zero attached hydrogens (tertiary/aromatic N) is 2. The highest BCUT2D eigenvalue weighted by Gasteiger charge is 2.22. The minimum atomic E-state index is 0.120. The van der Waals surface area contributed by atoms with Gasteiger partial charge in [0.1, 0.15) is 6.26 Å². The van der Waals surface area contributed by atoms with Gasteiger partial charge in [0, 0.05) is 28.6 Å². The average molecular weight is 399 g/mol. The van der Waals surface area contributed by atoms with Crippen LogP contribution in [0.15, 0.2) is 59.2 Å². The van der Waals surface area contributed by atoms with Gasteiger partial charge in [-0.1, -0.05) is 29.8 Å². The van der Waals surface area contributed by atoms with Gasteiger partial charge in [-0.25, -0.2) is 4.98 Å². The van der Waals surface area contributed by atoms with E-state index in [-0.39, 0.29) is 5.91 Å². The Hall–Kier alpha value is -2.24. The van der Waals surface area contributed by atoms with Crippen molar-refractivity contribution in [3.8, 4) is 11.5 Å². The molecule has 1 aromatic heterocycles. The second-order valence-electron chi connectivity index (χ2n) is 6.42. The lowest BCUT2D eigenvalue weighted by Crippen LogP contribution is -2.36. The molecular weight excluding hydrogens is 380 g/mol. The van der Waals surface area contributed by atoms with Crippen LogP contribution in [0.2, 0.25) is 5.02 Å². The number of anilines is 1. The third kappa shape index (κ3) is 4.20. The smallest absolute Gasteiger partial charge is 0.236 e. The third-order valence-corrected chi connectivity index (χ3v) is 5.70. The first-order chi connectivity index (χ1) is 13.2. The molecule has 4 nitrogen and oxygen atoms in total. The third-order valence-electron chi connectivity index (χ3n) is 4.51. The van der Waals surface area contributed by atoms with Gasteiger partial charge in [0.2, 0.25) is 11.8 Å². The highest BCUT2D eigenvalue weighted by atomic mass is 35.5. The van der Waals surface area contributed by atoms with E-state index >= 15 is 0 Å². The summed E-state index contributed by atoms with van der Waals surface area (Å²) < 4.78 is 5.55. The number of amides is 1. The van der Waals surface area contributed by atoms with Crippen molar-refractivity contribution < 1.29 is 9.21 Å². The fraction of sp³-hybridized carbons (Fsp3) is 0.238. The lowest BCUT2D eigenvalue weighted by Gasteiger charge is -2.29. The zero-order valence-corrected chi connectivity index (χ0v) is 16.3. The van der Waals surface area contributed by atoms with Crippen LogP contribution < -0.4 is 4.90 Å². The van der Waals surface area contributed by atoms with Gasteiger partial charge < -0.3 is 9.32 Å². The van der Waals surface area contributed by atoms with Crippen molar-refractivity contribution in [3.05, 3.63) is 71.1 Å².